The van der Waals surface area contributed by atoms with E-state index in [1.165, 1.54) is 4.90 Å². The van der Waals surface area contributed by atoms with Crippen LogP contribution in [0.3, 0.4) is 0 Å². The zero-order valence-electron chi connectivity index (χ0n) is 15.7. The zero-order valence-corrected chi connectivity index (χ0v) is 16.4. The van der Waals surface area contributed by atoms with E-state index in [4.69, 9.17) is 11.6 Å². The fourth-order valence-electron chi connectivity index (χ4n) is 3.67. The molecule has 0 N–H and O–H groups in total. The first-order valence-electron chi connectivity index (χ1n) is 9.40. The first-order valence-corrected chi connectivity index (χ1v) is 9.78. The molecule has 1 amide bonds. The molecule has 4 rings (SSSR count). The molecule has 1 fully saturated rings. The lowest BCUT2D eigenvalue weighted by atomic mass is 10.0. The number of carbonyl (C=O) groups excluding carboxylic acids is 1. The summed E-state index contributed by atoms with van der Waals surface area (Å²) in [5.74, 6) is 0.432. The molecule has 0 unspecified atom stereocenters. The second-order valence-corrected chi connectivity index (χ2v) is 7.52. The zero-order chi connectivity index (χ0) is 19.8. The van der Waals surface area contributed by atoms with Gasteiger partial charge in [-0.2, -0.15) is 0 Å². The summed E-state index contributed by atoms with van der Waals surface area (Å²) in [5, 5.41) is 1.66. The van der Waals surface area contributed by atoms with Gasteiger partial charge in [0.05, 0.1) is 5.52 Å². The minimum atomic E-state index is 0.0301. The van der Waals surface area contributed by atoms with Crippen molar-refractivity contribution in [3.63, 3.8) is 0 Å². The highest BCUT2D eigenvalue weighted by Gasteiger charge is 2.27. The Kier molecular flexibility index (Phi) is 4.82. The molecule has 0 spiro atoms. The monoisotopic (exact) mass is 392 g/mol. The van der Waals surface area contributed by atoms with Crippen molar-refractivity contribution >= 4 is 40.3 Å². The third-order valence-corrected chi connectivity index (χ3v) is 5.56. The van der Waals surface area contributed by atoms with Crippen molar-refractivity contribution < 1.29 is 4.79 Å². The molecule has 0 radical (unpaired) electrons. The van der Waals surface area contributed by atoms with Crippen molar-refractivity contribution in [3.8, 4) is 0 Å². The normalized spacial score (nSPS) is 13.5. The van der Waals surface area contributed by atoms with Crippen LogP contribution in [0.4, 0.5) is 5.69 Å². The van der Waals surface area contributed by atoms with Crippen LogP contribution in [0, 0.1) is 0 Å². The summed E-state index contributed by atoms with van der Waals surface area (Å²) in [4.78, 5) is 25.9. The van der Waals surface area contributed by atoms with Crippen LogP contribution in [-0.2, 0) is 11.3 Å². The van der Waals surface area contributed by atoms with Crippen LogP contribution in [0.15, 0.2) is 59.9 Å². The Balaban J connectivity index is 1.83. The number of amides is 1. The second kappa shape index (κ2) is 7.28. The van der Waals surface area contributed by atoms with E-state index in [0.29, 0.717) is 23.2 Å². The summed E-state index contributed by atoms with van der Waals surface area (Å²) in [6.45, 7) is 6.67. The van der Waals surface area contributed by atoms with E-state index in [0.717, 1.165) is 47.0 Å². The summed E-state index contributed by atoms with van der Waals surface area (Å²) >= 11 is 5.97. The molecular formula is C23H21ClN2O2. The van der Waals surface area contributed by atoms with Gasteiger partial charge in [0, 0.05) is 34.4 Å². The number of fused-ring (bicyclic) bond motifs is 1. The summed E-state index contributed by atoms with van der Waals surface area (Å²) in [6.07, 6.45) is 2.97. The van der Waals surface area contributed by atoms with Crippen LogP contribution in [0.1, 0.15) is 36.8 Å². The molecule has 2 aromatic carbocycles. The van der Waals surface area contributed by atoms with E-state index in [1.807, 2.05) is 37.3 Å². The number of rotatable bonds is 6. The third kappa shape index (κ3) is 3.25. The Hall–Kier alpha value is -2.85. The molecule has 0 aliphatic heterocycles. The van der Waals surface area contributed by atoms with Crippen molar-refractivity contribution in [2.75, 3.05) is 4.90 Å². The second-order valence-electron chi connectivity index (χ2n) is 7.09. The van der Waals surface area contributed by atoms with Gasteiger partial charge < -0.3 is 4.57 Å². The summed E-state index contributed by atoms with van der Waals surface area (Å²) in [5.41, 5.74) is 4.13. The van der Waals surface area contributed by atoms with Crippen LogP contribution in [0.2, 0.25) is 5.02 Å². The highest BCUT2D eigenvalue weighted by atomic mass is 35.5. The Morgan fingerprint density at radius 1 is 1.21 bits per heavy atom. The SMILES string of the molecule is C=C(c1ccc(Cl)cc1)N(C=O)c1ccc2c(c1)c(C1CC1)cc(=O)n2CC. The van der Waals surface area contributed by atoms with Gasteiger partial charge in [-0.15, -0.1) is 0 Å². The Bertz CT molecular complexity index is 1130. The average molecular weight is 393 g/mol. The molecule has 0 bridgehead atoms. The van der Waals surface area contributed by atoms with Crippen LogP contribution >= 0.6 is 11.6 Å². The number of hydrogen-bond acceptors (Lipinski definition) is 2. The minimum Gasteiger partial charge on any atom is -0.309 e. The van der Waals surface area contributed by atoms with Gasteiger partial charge in [0.15, 0.2) is 0 Å². The van der Waals surface area contributed by atoms with E-state index in [9.17, 15) is 9.59 Å². The average Bonchev–Trinajstić information content (AvgIpc) is 3.53. The molecule has 142 valence electrons. The maximum absolute atomic E-state index is 12.5. The van der Waals surface area contributed by atoms with E-state index in [-0.39, 0.29) is 5.56 Å². The number of nitrogens with zero attached hydrogens (tertiary/aromatic N) is 2. The molecule has 0 atom stereocenters. The van der Waals surface area contributed by atoms with Gasteiger partial charge in [0.1, 0.15) is 0 Å². The summed E-state index contributed by atoms with van der Waals surface area (Å²) < 4.78 is 1.77. The molecule has 1 saturated carbocycles. The topological polar surface area (TPSA) is 42.3 Å². The number of benzene rings is 2. The molecule has 1 heterocycles. The molecule has 0 saturated heterocycles. The van der Waals surface area contributed by atoms with E-state index in [1.54, 1.807) is 22.8 Å². The fourth-order valence-corrected chi connectivity index (χ4v) is 3.79. The lowest BCUT2D eigenvalue weighted by molar-refractivity contribution is -0.106. The quantitative estimate of drug-likeness (QED) is 0.542. The molecule has 28 heavy (non-hydrogen) atoms. The van der Waals surface area contributed by atoms with Gasteiger partial charge in [0.2, 0.25) is 6.41 Å². The van der Waals surface area contributed by atoms with Crippen molar-refractivity contribution in [3.05, 3.63) is 81.6 Å². The molecule has 3 aromatic rings. The predicted octanol–water partition coefficient (Wildman–Crippen LogP) is 5.19. The van der Waals surface area contributed by atoms with Gasteiger partial charge in [-0.1, -0.05) is 30.3 Å². The van der Waals surface area contributed by atoms with Gasteiger partial charge in [0.25, 0.3) is 5.56 Å². The predicted molar refractivity (Wildman–Crippen MR) is 115 cm³/mol. The largest absolute Gasteiger partial charge is 0.309 e. The number of halogens is 1. The van der Waals surface area contributed by atoms with E-state index < -0.39 is 0 Å². The van der Waals surface area contributed by atoms with E-state index in [2.05, 4.69) is 6.58 Å². The number of aryl methyl sites for hydroxylation is 1. The highest BCUT2D eigenvalue weighted by molar-refractivity contribution is 6.30. The van der Waals surface area contributed by atoms with Crippen molar-refractivity contribution in [2.24, 2.45) is 0 Å². The van der Waals surface area contributed by atoms with Gasteiger partial charge in [-0.05, 0) is 67.1 Å². The maximum atomic E-state index is 12.5. The lowest BCUT2D eigenvalue weighted by Crippen LogP contribution is -2.21. The lowest BCUT2D eigenvalue weighted by Gasteiger charge is -2.22. The van der Waals surface area contributed by atoms with Gasteiger partial charge in [-0.25, -0.2) is 0 Å². The van der Waals surface area contributed by atoms with Crippen LogP contribution < -0.4 is 10.5 Å². The molecule has 1 aromatic heterocycles. The van der Waals surface area contributed by atoms with Crippen molar-refractivity contribution in [1.82, 2.24) is 4.57 Å². The standard InChI is InChI=1S/C23H21ClN2O2/c1-3-25-22-11-10-19(12-21(22)20(13-23(25)28)17-4-5-17)26(14-27)15(2)16-6-8-18(24)9-7-16/h6-14,17H,2-5H2,1H3. The molecule has 1 aliphatic carbocycles. The Morgan fingerprint density at radius 2 is 1.93 bits per heavy atom. The number of anilines is 1. The van der Waals surface area contributed by atoms with Crippen molar-refractivity contribution in [1.29, 1.82) is 0 Å². The Morgan fingerprint density at radius 3 is 2.54 bits per heavy atom. The third-order valence-electron chi connectivity index (χ3n) is 5.31. The van der Waals surface area contributed by atoms with Crippen molar-refractivity contribution in [2.45, 2.75) is 32.2 Å². The summed E-state index contributed by atoms with van der Waals surface area (Å²) in [7, 11) is 0. The minimum absolute atomic E-state index is 0.0301. The molecule has 4 nitrogen and oxygen atoms in total. The highest BCUT2D eigenvalue weighted by Crippen LogP contribution is 2.43. The first kappa shape index (κ1) is 18.5. The Labute approximate surface area is 168 Å². The molecular weight excluding hydrogens is 372 g/mol. The number of carbonyl (C=O) groups is 1. The molecule has 1 aliphatic rings. The van der Waals surface area contributed by atoms with Gasteiger partial charge >= 0.3 is 0 Å². The maximum Gasteiger partial charge on any atom is 0.251 e. The summed E-state index contributed by atoms with van der Waals surface area (Å²) in [6, 6.07) is 14.8. The van der Waals surface area contributed by atoms with Crippen LogP contribution in [0.25, 0.3) is 16.6 Å². The van der Waals surface area contributed by atoms with Gasteiger partial charge in [-0.3, -0.25) is 14.5 Å². The number of pyridine rings is 1. The van der Waals surface area contributed by atoms with Crippen LogP contribution in [-0.4, -0.2) is 11.0 Å². The molecule has 5 heteroatoms. The number of aromatic nitrogens is 1. The van der Waals surface area contributed by atoms with Crippen LogP contribution in [0.5, 0.6) is 0 Å². The smallest absolute Gasteiger partial charge is 0.251 e. The first-order chi connectivity index (χ1) is 13.5. The number of hydrogen-bond donors (Lipinski definition) is 0. The fraction of sp³-hybridized carbons (Fsp3) is 0.217. The van der Waals surface area contributed by atoms with E-state index >= 15 is 0 Å².